The monoisotopic (exact) mass is 856 g/mol. The number of anilines is 2. The van der Waals surface area contributed by atoms with Crippen LogP contribution < -0.4 is 4.90 Å². The van der Waals surface area contributed by atoms with Crippen LogP contribution in [0.1, 0.15) is 11.5 Å². The summed E-state index contributed by atoms with van der Waals surface area (Å²) in [5.41, 5.74) is 13.5. The molecule has 14 rings (SSSR count). The van der Waals surface area contributed by atoms with E-state index in [1.54, 1.807) is 0 Å². The van der Waals surface area contributed by atoms with Gasteiger partial charge in [-0.15, -0.1) is 0 Å². The lowest BCUT2D eigenvalue weighted by atomic mass is 9.88. The van der Waals surface area contributed by atoms with Crippen LogP contribution in [0.4, 0.5) is 11.4 Å². The second kappa shape index (κ2) is 14.8. The fourth-order valence-corrected chi connectivity index (χ4v) is 11.0. The van der Waals surface area contributed by atoms with Crippen molar-refractivity contribution in [3.63, 3.8) is 0 Å². The van der Waals surface area contributed by atoms with Gasteiger partial charge in [-0.1, -0.05) is 182 Å². The van der Waals surface area contributed by atoms with Crippen LogP contribution in [0.2, 0.25) is 0 Å². The molecule has 9 aromatic carbocycles. The molecule has 6 heteroatoms. The molecule has 0 amide bonds. The smallest absolute Gasteiger partial charge is 0.164 e. The lowest BCUT2D eigenvalue weighted by Gasteiger charge is -2.30. The Balaban J connectivity index is 1.01. The Kier molecular flexibility index (Phi) is 8.31. The van der Waals surface area contributed by atoms with Gasteiger partial charge in [-0.25, -0.2) is 15.0 Å². The Hall–Kier alpha value is -8.87. The van der Waals surface area contributed by atoms with E-state index < -0.39 is 0 Å². The van der Waals surface area contributed by atoms with E-state index in [1.165, 1.54) is 77.0 Å². The van der Waals surface area contributed by atoms with Gasteiger partial charge in [-0.2, -0.15) is 0 Å². The summed E-state index contributed by atoms with van der Waals surface area (Å²) < 4.78 is 4.93. The van der Waals surface area contributed by atoms with Crippen molar-refractivity contribution in [3.05, 3.63) is 236 Å². The van der Waals surface area contributed by atoms with Gasteiger partial charge in [-0.3, -0.25) is 0 Å². The molecule has 0 radical (unpaired) electrons. The normalized spacial score (nSPS) is 15.5. The third-order valence-corrected chi connectivity index (χ3v) is 13.8. The molecule has 1 aliphatic carbocycles. The quantitative estimate of drug-likeness (QED) is 0.167. The van der Waals surface area contributed by atoms with E-state index in [4.69, 9.17) is 15.0 Å². The summed E-state index contributed by atoms with van der Waals surface area (Å²) in [4.78, 5) is 17.9. The molecular weight excluding hydrogens is 817 g/mol. The maximum absolute atomic E-state index is 5.15. The number of benzene rings is 9. The van der Waals surface area contributed by atoms with Crippen molar-refractivity contribution in [1.82, 2.24) is 24.1 Å². The number of fused-ring (bicyclic) bond motifs is 11. The van der Waals surface area contributed by atoms with Crippen molar-refractivity contribution in [2.75, 3.05) is 4.90 Å². The molecule has 67 heavy (non-hydrogen) atoms. The summed E-state index contributed by atoms with van der Waals surface area (Å²) in [6, 6.07) is 75.8. The number of hydrogen-bond acceptors (Lipinski definition) is 4. The molecule has 0 saturated heterocycles. The van der Waals surface area contributed by atoms with E-state index >= 15 is 0 Å². The first kappa shape index (κ1) is 37.5. The third-order valence-electron chi connectivity index (χ3n) is 13.8. The molecule has 2 unspecified atom stereocenters. The number of rotatable bonds is 6. The molecule has 0 spiro atoms. The molecule has 1 aliphatic heterocycles. The molecular formula is C61H40N6. The van der Waals surface area contributed by atoms with Crippen molar-refractivity contribution in [2.45, 2.75) is 12.0 Å². The first-order valence-electron chi connectivity index (χ1n) is 22.9. The molecule has 0 fully saturated rings. The van der Waals surface area contributed by atoms with Crippen LogP contribution in [-0.4, -0.2) is 30.1 Å². The molecule has 2 atom stereocenters. The zero-order valence-electron chi connectivity index (χ0n) is 36.3. The highest BCUT2D eigenvalue weighted by molar-refractivity contribution is 6.13. The molecule has 4 heterocycles. The van der Waals surface area contributed by atoms with Crippen molar-refractivity contribution < 1.29 is 0 Å². The van der Waals surface area contributed by atoms with Crippen molar-refractivity contribution in [3.8, 4) is 39.9 Å². The number of nitrogens with zero attached hydrogens (tertiary/aromatic N) is 6. The van der Waals surface area contributed by atoms with Gasteiger partial charge in [0.25, 0.3) is 0 Å². The Morgan fingerprint density at radius 2 is 0.821 bits per heavy atom. The van der Waals surface area contributed by atoms with Gasteiger partial charge in [0.2, 0.25) is 0 Å². The number of aromatic nitrogens is 5. The second-order valence-corrected chi connectivity index (χ2v) is 17.5. The van der Waals surface area contributed by atoms with E-state index in [-0.39, 0.29) is 12.0 Å². The SMILES string of the molecule is C1=CC2C(C=C1n1c3ccccc3c3ccccc31)c1cc(-n3c4ccccc4c4ccccc43)c3ccccc3c1N2c1cccc(-c2nc(-c3ccccc3)nc(-c3ccccc3)n2)c1. The van der Waals surface area contributed by atoms with Gasteiger partial charge in [0.05, 0.1) is 39.5 Å². The minimum Gasteiger partial charge on any atom is -0.333 e. The molecule has 314 valence electrons. The first-order valence-corrected chi connectivity index (χ1v) is 22.9. The van der Waals surface area contributed by atoms with Crippen LogP contribution in [0.15, 0.2) is 231 Å². The minimum absolute atomic E-state index is 0.0153. The number of allylic oxidation sites excluding steroid dienone is 2. The van der Waals surface area contributed by atoms with E-state index in [9.17, 15) is 0 Å². The summed E-state index contributed by atoms with van der Waals surface area (Å²) in [5.74, 6) is 1.93. The summed E-state index contributed by atoms with van der Waals surface area (Å²) in [7, 11) is 0. The molecule has 3 aromatic heterocycles. The Labute approximate surface area is 386 Å². The van der Waals surface area contributed by atoms with Gasteiger partial charge in [-0.05, 0) is 54.1 Å². The summed E-state index contributed by atoms with van der Waals surface area (Å²) in [6.07, 6.45) is 7.28. The van der Waals surface area contributed by atoms with Gasteiger partial charge >= 0.3 is 0 Å². The van der Waals surface area contributed by atoms with E-state index in [1.807, 2.05) is 36.4 Å². The average molecular weight is 857 g/mol. The Morgan fingerprint density at radius 1 is 0.373 bits per heavy atom. The molecule has 2 aliphatic rings. The van der Waals surface area contributed by atoms with Crippen molar-refractivity contribution in [1.29, 1.82) is 0 Å². The lowest BCUT2D eigenvalue weighted by molar-refractivity contribution is 0.743. The van der Waals surface area contributed by atoms with Crippen LogP contribution in [0.5, 0.6) is 0 Å². The first-order chi connectivity index (χ1) is 33.2. The zero-order chi connectivity index (χ0) is 44.0. The Bertz CT molecular complexity index is 3850. The standard InChI is InChI=1S/C61H40N6/c1-3-18-39(19-4-1)59-62-60(40-20-5-2-6-21-40)64-61(63-59)41-22-17-23-42(36-41)66-56-35-34-43(65-52-30-13-9-24-44(52)45-25-10-14-31-53(45)65)37-50(56)51-38-57(48-28-7-8-29-49(48)58(51)66)67-54-32-15-11-26-46(54)47-27-12-16-33-55(47)67/h1-38,50,56H. The summed E-state index contributed by atoms with van der Waals surface area (Å²) in [6.45, 7) is 0. The van der Waals surface area contributed by atoms with Crippen LogP contribution >= 0.6 is 0 Å². The third kappa shape index (κ3) is 5.79. The fourth-order valence-electron chi connectivity index (χ4n) is 11.0. The molecule has 0 bridgehead atoms. The topological polar surface area (TPSA) is 51.8 Å². The van der Waals surface area contributed by atoms with E-state index in [2.05, 4.69) is 208 Å². The predicted molar refractivity (Wildman–Crippen MR) is 276 cm³/mol. The predicted octanol–water partition coefficient (Wildman–Crippen LogP) is 14.9. The summed E-state index contributed by atoms with van der Waals surface area (Å²) in [5, 5.41) is 7.40. The number of para-hydroxylation sites is 4. The van der Waals surface area contributed by atoms with Crippen molar-refractivity contribution in [2.24, 2.45) is 0 Å². The zero-order valence-corrected chi connectivity index (χ0v) is 36.3. The van der Waals surface area contributed by atoms with Crippen LogP contribution in [0.3, 0.4) is 0 Å². The molecule has 0 saturated carbocycles. The Morgan fingerprint density at radius 3 is 1.37 bits per heavy atom. The molecule has 6 nitrogen and oxygen atoms in total. The van der Waals surface area contributed by atoms with Gasteiger partial charge in [0.15, 0.2) is 17.5 Å². The maximum Gasteiger partial charge on any atom is 0.164 e. The van der Waals surface area contributed by atoms with Crippen molar-refractivity contribution >= 4 is 71.5 Å². The second-order valence-electron chi connectivity index (χ2n) is 17.5. The van der Waals surface area contributed by atoms with Crippen LogP contribution in [-0.2, 0) is 0 Å². The molecule has 0 N–H and O–H groups in total. The highest BCUT2D eigenvalue weighted by atomic mass is 15.2. The van der Waals surface area contributed by atoms with Gasteiger partial charge in [0, 0.05) is 66.3 Å². The van der Waals surface area contributed by atoms with Gasteiger partial charge < -0.3 is 14.0 Å². The van der Waals surface area contributed by atoms with Crippen LogP contribution in [0.25, 0.3) is 99.9 Å². The summed E-state index contributed by atoms with van der Waals surface area (Å²) >= 11 is 0. The highest BCUT2D eigenvalue weighted by Crippen LogP contribution is 2.54. The number of hydrogen-bond donors (Lipinski definition) is 0. The van der Waals surface area contributed by atoms with Crippen LogP contribution in [0, 0.1) is 0 Å². The maximum atomic E-state index is 5.15. The average Bonchev–Trinajstić information content (AvgIpc) is 4.04. The minimum atomic E-state index is -0.0167. The lowest BCUT2D eigenvalue weighted by Crippen LogP contribution is -2.29. The fraction of sp³-hybridized carbons (Fsp3) is 0.0328. The molecule has 12 aromatic rings. The van der Waals surface area contributed by atoms with E-state index in [0.29, 0.717) is 17.5 Å². The highest BCUT2D eigenvalue weighted by Gasteiger charge is 2.41. The largest absolute Gasteiger partial charge is 0.333 e. The van der Waals surface area contributed by atoms with E-state index in [0.717, 1.165) is 22.4 Å². The van der Waals surface area contributed by atoms with Gasteiger partial charge in [0.1, 0.15) is 0 Å².